The third-order valence-corrected chi connectivity index (χ3v) is 4.31. The molecule has 136 valence electrons. The predicted molar refractivity (Wildman–Crippen MR) is 96.3 cm³/mol. The number of aryl methyl sites for hydroxylation is 1. The maximum atomic E-state index is 13.4. The first kappa shape index (κ1) is 18.0. The molecule has 2 aromatic carbocycles. The van der Waals surface area contributed by atoms with Crippen molar-refractivity contribution in [3.63, 3.8) is 0 Å². The summed E-state index contributed by atoms with van der Waals surface area (Å²) in [5.41, 5.74) is 1.61. The van der Waals surface area contributed by atoms with E-state index in [-0.39, 0.29) is 35.7 Å². The summed E-state index contributed by atoms with van der Waals surface area (Å²) in [6, 6.07) is 11.3. The normalized spacial score (nSPS) is 13.7. The fraction of sp³-hybridized carbons (Fsp3) is 0.316. The number of halogens is 1. The minimum Gasteiger partial charge on any atom is -0.319 e. The van der Waals surface area contributed by atoms with E-state index in [0.717, 1.165) is 24.0 Å². The Hall–Kier alpha value is -2.80. The lowest BCUT2D eigenvalue weighted by Crippen LogP contribution is -2.34. The zero-order valence-corrected chi connectivity index (χ0v) is 14.4. The molecule has 0 heterocycles. The first-order valence-electron chi connectivity index (χ1n) is 8.46. The third-order valence-electron chi connectivity index (χ3n) is 4.31. The second-order valence-corrected chi connectivity index (χ2v) is 6.59. The van der Waals surface area contributed by atoms with Crippen LogP contribution in [0.1, 0.15) is 24.0 Å². The number of nitrogens with one attached hydrogen (secondary N) is 1. The summed E-state index contributed by atoms with van der Waals surface area (Å²) in [5.74, 6) is -0.627. The monoisotopic (exact) mass is 357 g/mol. The summed E-state index contributed by atoms with van der Waals surface area (Å²) in [5, 5.41) is 13.8. The van der Waals surface area contributed by atoms with Crippen LogP contribution in [0.25, 0.3) is 0 Å². The summed E-state index contributed by atoms with van der Waals surface area (Å²) < 4.78 is 13.4. The molecule has 1 aliphatic rings. The Labute approximate surface area is 150 Å². The lowest BCUT2D eigenvalue weighted by molar-refractivity contribution is -0.384. The molecule has 1 aliphatic carbocycles. The largest absolute Gasteiger partial charge is 0.319 e. The molecule has 1 N–H and O–H groups in total. The summed E-state index contributed by atoms with van der Waals surface area (Å²) in [7, 11) is 0. The molecular weight excluding hydrogens is 337 g/mol. The van der Waals surface area contributed by atoms with Crippen LogP contribution in [0.5, 0.6) is 0 Å². The number of carbonyl (C=O) groups is 1. The van der Waals surface area contributed by atoms with Crippen LogP contribution in [0.2, 0.25) is 0 Å². The zero-order valence-electron chi connectivity index (χ0n) is 14.4. The number of nitrogens with zero attached hydrogens (tertiary/aromatic N) is 2. The van der Waals surface area contributed by atoms with Gasteiger partial charge in [0.1, 0.15) is 11.5 Å². The Bertz CT molecular complexity index is 837. The van der Waals surface area contributed by atoms with Crippen LogP contribution in [0.4, 0.5) is 15.8 Å². The van der Waals surface area contributed by atoms with Gasteiger partial charge in [-0.25, -0.2) is 4.39 Å². The molecule has 1 saturated carbocycles. The van der Waals surface area contributed by atoms with Crippen LogP contribution >= 0.6 is 0 Å². The SMILES string of the molecule is Cc1ccc(NC(=O)CN(Cc2cccc(F)c2)C2CC2)c([N+](=O)[O-])c1. The quantitative estimate of drug-likeness (QED) is 0.606. The topological polar surface area (TPSA) is 75.5 Å². The lowest BCUT2D eigenvalue weighted by Gasteiger charge is -2.21. The predicted octanol–water partition coefficient (Wildman–Crippen LogP) is 3.65. The lowest BCUT2D eigenvalue weighted by atomic mass is 10.2. The summed E-state index contributed by atoms with van der Waals surface area (Å²) in [6.07, 6.45) is 1.99. The van der Waals surface area contributed by atoms with Crippen molar-refractivity contribution in [2.24, 2.45) is 0 Å². The molecule has 26 heavy (non-hydrogen) atoms. The molecule has 0 unspecified atom stereocenters. The smallest absolute Gasteiger partial charge is 0.293 e. The Balaban J connectivity index is 1.68. The van der Waals surface area contributed by atoms with Gasteiger partial charge in [0.15, 0.2) is 0 Å². The van der Waals surface area contributed by atoms with E-state index in [0.29, 0.717) is 6.54 Å². The van der Waals surface area contributed by atoms with E-state index in [1.165, 1.54) is 18.2 Å². The van der Waals surface area contributed by atoms with E-state index in [9.17, 15) is 19.3 Å². The molecule has 1 fully saturated rings. The fourth-order valence-corrected chi connectivity index (χ4v) is 2.90. The van der Waals surface area contributed by atoms with Crippen LogP contribution < -0.4 is 5.32 Å². The standard InChI is InChI=1S/C19H20FN3O3/c1-13-5-8-17(18(9-13)23(25)26)21-19(24)12-22(16-6-7-16)11-14-3-2-4-15(20)10-14/h2-5,8-10,16H,6-7,11-12H2,1H3,(H,21,24). The zero-order chi connectivity index (χ0) is 18.7. The minimum atomic E-state index is -0.506. The molecule has 0 bridgehead atoms. The molecule has 0 atom stereocenters. The average Bonchev–Trinajstić information content (AvgIpc) is 3.41. The maximum absolute atomic E-state index is 13.4. The van der Waals surface area contributed by atoms with Crippen molar-refractivity contribution in [3.05, 3.63) is 69.5 Å². The number of rotatable bonds is 7. The van der Waals surface area contributed by atoms with E-state index < -0.39 is 4.92 Å². The Kier molecular flexibility index (Phi) is 5.27. The van der Waals surface area contributed by atoms with Gasteiger partial charge in [-0.1, -0.05) is 18.2 Å². The van der Waals surface area contributed by atoms with Gasteiger partial charge in [0.2, 0.25) is 5.91 Å². The van der Waals surface area contributed by atoms with Gasteiger partial charge in [0.25, 0.3) is 5.69 Å². The number of anilines is 1. The molecule has 2 aromatic rings. The molecule has 7 heteroatoms. The first-order chi connectivity index (χ1) is 12.4. The van der Waals surface area contributed by atoms with Crippen LogP contribution in [0, 0.1) is 22.9 Å². The maximum Gasteiger partial charge on any atom is 0.293 e. The van der Waals surface area contributed by atoms with Gasteiger partial charge in [-0.3, -0.25) is 19.8 Å². The van der Waals surface area contributed by atoms with Crippen LogP contribution in [-0.4, -0.2) is 28.3 Å². The molecule has 0 aromatic heterocycles. The highest BCUT2D eigenvalue weighted by Gasteiger charge is 2.30. The highest BCUT2D eigenvalue weighted by molar-refractivity contribution is 5.94. The number of nitro benzene ring substituents is 1. The van der Waals surface area contributed by atoms with Gasteiger partial charge in [0.05, 0.1) is 11.5 Å². The second kappa shape index (κ2) is 7.61. The Morgan fingerprint density at radius 3 is 2.73 bits per heavy atom. The van der Waals surface area contributed by atoms with Gasteiger partial charge < -0.3 is 5.32 Å². The highest BCUT2D eigenvalue weighted by atomic mass is 19.1. The van der Waals surface area contributed by atoms with Crippen LogP contribution in [-0.2, 0) is 11.3 Å². The van der Waals surface area contributed by atoms with Crippen LogP contribution in [0.3, 0.4) is 0 Å². The van der Waals surface area contributed by atoms with Crippen molar-refractivity contribution in [1.82, 2.24) is 4.90 Å². The van der Waals surface area contributed by atoms with E-state index in [1.54, 1.807) is 25.1 Å². The van der Waals surface area contributed by atoms with Gasteiger partial charge in [-0.05, 0) is 49.1 Å². The minimum absolute atomic E-state index is 0.103. The molecule has 0 radical (unpaired) electrons. The molecule has 1 amide bonds. The fourth-order valence-electron chi connectivity index (χ4n) is 2.90. The number of benzene rings is 2. The summed E-state index contributed by atoms with van der Waals surface area (Å²) >= 11 is 0. The van der Waals surface area contributed by atoms with E-state index >= 15 is 0 Å². The van der Waals surface area contributed by atoms with Crippen LogP contribution in [0.15, 0.2) is 42.5 Å². The molecule has 0 spiro atoms. The van der Waals surface area contributed by atoms with Crippen molar-refractivity contribution >= 4 is 17.3 Å². The number of amides is 1. The number of hydrogen-bond donors (Lipinski definition) is 1. The number of hydrogen-bond acceptors (Lipinski definition) is 4. The van der Waals surface area contributed by atoms with Crippen molar-refractivity contribution < 1.29 is 14.1 Å². The van der Waals surface area contributed by atoms with E-state index in [4.69, 9.17) is 0 Å². The van der Waals surface area contributed by atoms with Crippen molar-refractivity contribution in [1.29, 1.82) is 0 Å². The first-order valence-corrected chi connectivity index (χ1v) is 8.46. The van der Waals surface area contributed by atoms with Gasteiger partial charge in [0, 0.05) is 18.7 Å². The number of carbonyl (C=O) groups excluding carboxylic acids is 1. The van der Waals surface area contributed by atoms with Crippen molar-refractivity contribution in [2.75, 3.05) is 11.9 Å². The van der Waals surface area contributed by atoms with Crippen molar-refractivity contribution in [3.8, 4) is 0 Å². The summed E-state index contributed by atoms with van der Waals surface area (Å²) in [6.45, 7) is 2.32. The Morgan fingerprint density at radius 2 is 2.08 bits per heavy atom. The Morgan fingerprint density at radius 1 is 1.31 bits per heavy atom. The second-order valence-electron chi connectivity index (χ2n) is 6.59. The van der Waals surface area contributed by atoms with Gasteiger partial charge >= 0.3 is 0 Å². The third kappa shape index (κ3) is 4.64. The number of nitro groups is 1. The van der Waals surface area contributed by atoms with Gasteiger partial charge in [-0.15, -0.1) is 0 Å². The van der Waals surface area contributed by atoms with E-state index in [2.05, 4.69) is 5.32 Å². The molecule has 6 nitrogen and oxygen atoms in total. The average molecular weight is 357 g/mol. The molecular formula is C19H20FN3O3. The van der Waals surface area contributed by atoms with E-state index in [1.807, 2.05) is 11.0 Å². The molecule has 0 saturated heterocycles. The van der Waals surface area contributed by atoms with Crippen molar-refractivity contribution in [2.45, 2.75) is 32.4 Å². The molecule has 3 rings (SSSR count). The van der Waals surface area contributed by atoms with Gasteiger partial charge in [-0.2, -0.15) is 0 Å². The molecule has 0 aliphatic heterocycles. The highest BCUT2D eigenvalue weighted by Crippen LogP contribution is 2.29. The summed E-state index contributed by atoms with van der Waals surface area (Å²) in [4.78, 5) is 25.1.